The molecule has 3 aromatic rings. The minimum atomic E-state index is 0.269. The van der Waals surface area contributed by atoms with Crippen LogP contribution < -0.4 is 4.57 Å². The normalized spacial score (nSPS) is 11.1. The van der Waals surface area contributed by atoms with Crippen LogP contribution in [0, 0.1) is 0 Å². The van der Waals surface area contributed by atoms with Crippen molar-refractivity contribution >= 4 is 16.6 Å². The highest BCUT2D eigenvalue weighted by atomic mass is 16.1. The minimum absolute atomic E-state index is 0.269. The summed E-state index contributed by atoms with van der Waals surface area (Å²) in [7, 11) is 0. The number of fused-ring (bicyclic) bond motifs is 1. The van der Waals surface area contributed by atoms with Crippen molar-refractivity contribution in [3.63, 3.8) is 0 Å². The second-order valence-electron chi connectivity index (χ2n) is 8.37. The lowest BCUT2D eigenvalue weighted by Crippen LogP contribution is -2.41. The maximum atomic E-state index is 13.3. The number of hydrogen-bond donors (Lipinski definition) is 0. The van der Waals surface area contributed by atoms with E-state index in [0.29, 0.717) is 6.42 Å². The van der Waals surface area contributed by atoms with Gasteiger partial charge in [-0.1, -0.05) is 107 Å². The number of carbonyl (C=O) groups excluding carboxylic acids is 1. The summed E-state index contributed by atoms with van der Waals surface area (Å²) >= 11 is 0. The zero-order valence-electron chi connectivity index (χ0n) is 18.5. The zero-order chi connectivity index (χ0) is 21.0. The molecule has 0 aliphatic rings. The van der Waals surface area contributed by atoms with E-state index in [0.717, 1.165) is 35.9 Å². The third kappa shape index (κ3) is 6.52. The van der Waals surface area contributed by atoms with Gasteiger partial charge in [0.05, 0.1) is 5.39 Å². The Labute approximate surface area is 182 Å². The van der Waals surface area contributed by atoms with Crippen LogP contribution in [0.15, 0.2) is 66.9 Å². The van der Waals surface area contributed by atoms with Gasteiger partial charge in [-0.3, -0.25) is 4.79 Å². The maximum Gasteiger partial charge on any atom is 0.256 e. The lowest BCUT2D eigenvalue weighted by molar-refractivity contribution is -0.688. The van der Waals surface area contributed by atoms with E-state index in [9.17, 15) is 4.79 Å². The second kappa shape index (κ2) is 12.3. The number of nitrogens with zero attached hydrogens (tertiary/aromatic N) is 1. The first-order valence-corrected chi connectivity index (χ1v) is 11.8. The molecule has 0 atom stereocenters. The molecule has 0 spiro atoms. The summed E-state index contributed by atoms with van der Waals surface area (Å²) in [6, 6.07) is 20.8. The number of ketones is 1. The van der Waals surface area contributed by atoms with Crippen LogP contribution in [0.5, 0.6) is 0 Å². The topological polar surface area (TPSA) is 20.9 Å². The number of hydrogen-bond acceptors (Lipinski definition) is 1. The zero-order valence-corrected chi connectivity index (χ0v) is 18.5. The number of aromatic nitrogens is 1. The quantitative estimate of drug-likeness (QED) is 0.167. The highest BCUT2D eigenvalue weighted by Gasteiger charge is 2.22. The number of pyridine rings is 1. The Bertz CT molecular complexity index is 916. The molecule has 0 bridgehead atoms. The van der Waals surface area contributed by atoms with Crippen molar-refractivity contribution in [1.29, 1.82) is 0 Å². The predicted octanol–water partition coefficient (Wildman–Crippen LogP) is 7.28. The molecule has 0 fully saturated rings. The van der Waals surface area contributed by atoms with Crippen LogP contribution in [0.25, 0.3) is 10.8 Å². The first-order valence-electron chi connectivity index (χ1n) is 11.8. The number of carbonyl (C=O) groups is 1. The molecule has 2 nitrogen and oxygen atoms in total. The van der Waals surface area contributed by atoms with Gasteiger partial charge in [0.25, 0.3) is 5.69 Å². The molecule has 1 heterocycles. The molecular weight excluding hydrogens is 366 g/mol. The van der Waals surface area contributed by atoms with Crippen molar-refractivity contribution in [2.45, 2.75) is 77.7 Å². The van der Waals surface area contributed by atoms with E-state index in [1.165, 1.54) is 50.5 Å². The van der Waals surface area contributed by atoms with E-state index in [4.69, 9.17) is 0 Å². The molecule has 0 saturated carbocycles. The average molecular weight is 403 g/mol. The van der Waals surface area contributed by atoms with Crippen LogP contribution in [0.2, 0.25) is 0 Å². The Morgan fingerprint density at radius 1 is 0.733 bits per heavy atom. The summed E-state index contributed by atoms with van der Waals surface area (Å²) in [6.07, 6.45) is 14.2. The Kier molecular flexibility index (Phi) is 9.08. The van der Waals surface area contributed by atoms with Crippen LogP contribution in [0.4, 0.5) is 0 Å². The fourth-order valence-electron chi connectivity index (χ4n) is 4.19. The molecule has 158 valence electrons. The van der Waals surface area contributed by atoms with Crippen molar-refractivity contribution in [2.24, 2.45) is 0 Å². The van der Waals surface area contributed by atoms with E-state index in [-0.39, 0.29) is 5.78 Å². The largest absolute Gasteiger partial charge is 0.287 e. The van der Waals surface area contributed by atoms with Gasteiger partial charge in [0.1, 0.15) is 0 Å². The van der Waals surface area contributed by atoms with Crippen LogP contribution >= 0.6 is 0 Å². The second-order valence-corrected chi connectivity index (χ2v) is 8.37. The molecule has 2 aromatic carbocycles. The summed E-state index contributed by atoms with van der Waals surface area (Å²) in [5.41, 5.74) is 2.08. The molecule has 0 unspecified atom stereocenters. The van der Waals surface area contributed by atoms with Gasteiger partial charge in [-0.15, -0.1) is 0 Å². The number of benzene rings is 2. The van der Waals surface area contributed by atoms with Crippen LogP contribution in [0.1, 0.15) is 87.2 Å². The van der Waals surface area contributed by atoms with Crippen molar-refractivity contribution in [1.82, 2.24) is 0 Å². The van der Waals surface area contributed by atoms with E-state index in [1.54, 1.807) is 0 Å². The number of rotatable bonds is 13. The number of Topliss-reactive ketones (excluding diaryl/α,β-unsaturated/α-hetero) is 1. The molecule has 2 heteroatoms. The lowest BCUT2D eigenvalue weighted by Gasteiger charge is -2.08. The average Bonchev–Trinajstić information content (AvgIpc) is 2.78. The third-order valence-corrected chi connectivity index (χ3v) is 5.90. The van der Waals surface area contributed by atoms with Crippen LogP contribution in [-0.2, 0) is 6.54 Å². The molecule has 1 aromatic heterocycles. The van der Waals surface area contributed by atoms with Crippen molar-refractivity contribution in [2.75, 3.05) is 0 Å². The van der Waals surface area contributed by atoms with Gasteiger partial charge in [0.15, 0.2) is 12.7 Å². The SMILES string of the molecule is CCCCCCCCCCCC(=O)c1c2ccccc2cc[n+]1Cc1ccccc1. The smallest absolute Gasteiger partial charge is 0.256 e. The monoisotopic (exact) mass is 402 g/mol. The molecule has 30 heavy (non-hydrogen) atoms. The van der Waals surface area contributed by atoms with Gasteiger partial charge in [0.2, 0.25) is 5.78 Å². The van der Waals surface area contributed by atoms with Crippen molar-refractivity contribution in [3.05, 3.63) is 78.1 Å². The van der Waals surface area contributed by atoms with Gasteiger partial charge in [-0.05, 0) is 17.9 Å². The van der Waals surface area contributed by atoms with Crippen molar-refractivity contribution < 1.29 is 9.36 Å². The molecule has 0 N–H and O–H groups in total. The van der Waals surface area contributed by atoms with Gasteiger partial charge >= 0.3 is 0 Å². The van der Waals surface area contributed by atoms with Gasteiger partial charge < -0.3 is 0 Å². The van der Waals surface area contributed by atoms with E-state index < -0.39 is 0 Å². The standard InChI is InChI=1S/C28H36NO/c1-2-3-4-5-6-7-8-9-13-20-27(30)28-26-19-15-14-18-25(26)21-22-29(28)23-24-16-11-10-12-17-24/h10-12,14-19,21-22H,2-9,13,20,23H2,1H3/q+1. The summed E-state index contributed by atoms with van der Waals surface area (Å²) in [6.45, 7) is 2.99. The fourth-order valence-corrected chi connectivity index (χ4v) is 4.19. The van der Waals surface area contributed by atoms with E-state index >= 15 is 0 Å². The number of unbranched alkanes of at least 4 members (excludes halogenated alkanes) is 8. The summed E-state index contributed by atoms with van der Waals surface area (Å²) < 4.78 is 2.13. The lowest BCUT2D eigenvalue weighted by atomic mass is 10.0. The molecule has 0 aliphatic carbocycles. The summed E-state index contributed by atoms with van der Waals surface area (Å²) in [4.78, 5) is 13.3. The van der Waals surface area contributed by atoms with Crippen molar-refractivity contribution in [3.8, 4) is 0 Å². The van der Waals surface area contributed by atoms with Crippen LogP contribution in [0.3, 0.4) is 0 Å². The Morgan fingerprint density at radius 3 is 2.10 bits per heavy atom. The first kappa shape index (κ1) is 22.2. The minimum Gasteiger partial charge on any atom is -0.287 e. The van der Waals surface area contributed by atoms with Gasteiger partial charge in [-0.2, -0.15) is 4.57 Å². The van der Waals surface area contributed by atoms with E-state index in [1.807, 2.05) is 18.2 Å². The molecule has 0 radical (unpaired) electrons. The van der Waals surface area contributed by atoms with Gasteiger partial charge in [0, 0.05) is 18.1 Å². The molecule has 0 amide bonds. The highest BCUT2D eigenvalue weighted by molar-refractivity contribution is 6.04. The van der Waals surface area contributed by atoms with Gasteiger partial charge in [-0.25, -0.2) is 0 Å². The Hall–Kier alpha value is -2.48. The Balaban J connectivity index is 1.61. The maximum absolute atomic E-state index is 13.3. The molecule has 0 aliphatic heterocycles. The Morgan fingerprint density at radius 2 is 1.37 bits per heavy atom. The van der Waals surface area contributed by atoms with E-state index in [2.05, 4.69) is 60.2 Å². The molecular formula is C28H36NO+. The van der Waals surface area contributed by atoms with Crippen LogP contribution in [-0.4, -0.2) is 5.78 Å². The predicted molar refractivity (Wildman–Crippen MR) is 126 cm³/mol. The highest BCUT2D eigenvalue weighted by Crippen LogP contribution is 2.19. The molecule has 0 saturated heterocycles. The molecule has 3 rings (SSSR count). The summed E-state index contributed by atoms with van der Waals surface area (Å²) in [5, 5.41) is 2.20. The fraction of sp³-hybridized carbons (Fsp3) is 0.429. The first-order chi connectivity index (χ1) is 14.8. The summed E-state index contributed by atoms with van der Waals surface area (Å²) in [5.74, 6) is 0.269. The third-order valence-electron chi connectivity index (χ3n) is 5.90.